The number of aromatic nitrogens is 1. The summed E-state index contributed by atoms with van der Waals surface area (Å²) in [4.78, 5) is 17.9. The van der Waals surface area contributed by atoms with E-state index in [0.717, 1.165) is 17.7 Å². The maximum Gasteiger partial charge on any atom is 0.223 e. The SMILES string of the molecule is C=C(C)CN(CC)C(=O)CCc1ncc(-c2ccc(F)cc2F)o1. The molecule has 6 heteroatoms. The van der Waals surface area contributed by atoms with Gasteiger partial charge in [-0.05, 0) is 26.0 Å². The fraction of sp³-hybridized carbons (Fsp3) is 0.333. The van der Waals surface area contributed by atoms with Crippen LogP contribution in [0, 0.1) is 11.6 Å². The average molecular weight is 334 g/mol. The fourth-order valence-corrected chi connectivity index (χ4v) is 2.31. The third-order valence-electron chi connectivity index (χ3n) is 3.50. The summed E-state index contributed by atoms with van der Waals surface area (Å²) < 4.78 is 32.2. The molecule has 24 heavy (non-hydrogen) atoms. The molecule has 0 aliphatic heterocycles. The van der Waals surface area contributed by atoms with Crippen LogP contribution in [0.25, 0.3) is 11.3 Å². The third kappa shape index (κ3) is 4.50. The molecule has 1 amide bonds. The van der Waals surface area contributed by atoms with Crippen LogP contribution in [0.15, 0.2) is 41.0 Å². The van der Waals surface area contributed by atoms with Crippen molar-refractivity contribution in [3.63, 3.8) is 0 Å². The molecule has 2 aromatic rings. The van der Waals surface area contributed by atoms with Crippen molar-refractivity contribution in [1.29, 1.82) is 0 Å². The second-order valence-electron chi connectivity index (χ2n) is 5.61. The molecule has 0 saturated heterocycles. The number of nitrogens with zero attached hydrogens (tertiary/aromatic N) is 2. The first-order valence-corrected chi connectivity index (χ1v) is 7.73. The van der Waals surface area contributed by atoms with Crippen LogP contribution in [0.4, 0.5) is 8.78 Å². The molecule has 0 saturated carbocycles. The van der Waals surface area contributed by atoms with Gasteiger partial charge >= 0.3 is 0 Å². The monoisotopic (exact) mass is 334 g/mol. The van der Waals surface area contributed by atoms with Gasteiger partial charge in [0, 0.05) is 32.0 Å². The van der Waals surface area contributed by atoms with E-state index in [2.05, 4.69) is 11.6 Å². The molecule has 0 unspecified atom stereocenters. The van der Waals surface area contributed by atoms with Gasteiger partial charge in [-0.1, -0.05) is 12.2 Å². The van der Waals surface area contributed by atoms with E-state index in [1.54, 1.807) is 4.90 Å². The Balaban J connectivity index is 2.01. The van der Waals surface area contributed by atoms with Crippen molar-refractivity contribution in [3.05, 3.63) is 54.1 Å². The molecule has 0 radical (unpaired) electrons. The molecule has 1 aromatic heterocycles. The third-order valence-corrected chi connectivity index (χ3v) is 3.50. The largest absolute Gasteiger partial charge is 0.441 e. The predicted octanol–water partition coefficient (Wildman–Crippen LogP) is 3.98. The zero-order chi connectivity index (χ0) is 17.7. The lowest BCUT2D eigenvalue weighted by Crippen LogP contribution is -2.32. The van der Waals surface area contributed by atoms with Crippen LogP contribution in [0.1, 0.15) is 26.2 Å². The minimum Gasteiger partial charge on any atom is -0.441 e. The molecule has 128 valence electrons. The molecule has 2 rings (SSSR count). The van der Waals surface area contributed by atoms with Gasteiger partial charge in [0.05, 0.1) is 11.8 Å². The van der Waals surface area contributed by atoms with Crippen LogP contribution in [-0.4, -0.2) is 28.9 Å². The van der Waals surface area contributed by atoms with Gasteiger partial charge in [-0.25, -0.2) is 13.8 Å². The van der Waals surface area contributed by atoms with Gasteiger partial charge in [-0.15, -0.1) is 0 Å². The summed E-state index contributed by atoms with van der Waals surface area (Å²) in [7, 11) is 0. The van der Waals surface area contributed by atoms with Gasteiger partial charge in [0.1, 0.15) is 11.6 Å². The van der Waals surface area contributed by atoms with Crippen molar-refractivity contribution in [3.8, 4) is 11.3 Å². The van der Waals surface area contributed by atoms with Gasteiger partial charge in [-0.2, -0.15) is 0 Å². The summed E-state index contributed by atoms with van der Waals surface area (Å²) in [5, 5.41) is 0. The molecular weight excluding hydrogens is 314 g/mol. The highest BCUT2D eigenvalue weighted by atomic mass is 19.1. The highest BCUT2D eigenvalue weighted by Crippen LogP contribution is 2.24. The van der Waals surface area contributed by atoms with Crippen molar-refractivity contribution in [2.45, 2.75) is 26.7 Å². The van der Waals surface area contributed by atoms with E-state index in [1.165, 1.54) is 12.3 Å². The van der Waals surface area contributed by atoms with Crippen LogP contribution in [0.2, 0.25) is 0 Å². The molecular formula is C18H20F2N2O2. The van der Waals surface area contributed by atoms with Gasteiger partial charge in [0.25, 0.3) is 0 Å². The van der Waals surface area contributed by atoms with E-state index >= 15 is 0 Å². The van der Waals surface area contributed by atoms with E-state index in [-0.39, 0.29) is 23.7 Å². The lowest BCUT2D eigenvalue weighted by atomic mass is 10.2. The van der Waals surface area contributed by atoms with Crippen LogP contribution >= 0.6 is 0 Å². The second kappa shape index (κ2) is 7.86. The Kier molecular flexibility index (Phi) is 5.84. The smallest absolute Gasteiger partial charge is 0.223 e. The summed E-state index contributed by atoms with van der Waals surface area (Å²) in [6.07, 6.45) is 1.93. The number of likely N-dealkylation sites (N-methyl/N-ethyl adjacent to an activating group) is 1. The van der Waals surface area contributed by atoms with E-state index in [0.29, 0.717) is 25.4 Å². The van der Waals surface area contributed by atoms with E-state index in [1.807, 2.05) is 13.8 Å². The number of halogens is 2. The molecule has 1 heterocycles. The van der Waals surface area contributed by atoms with E-state index in [4.69, 9.17) is 4.42 Å². The van der Waals surface area contributed by atoms with Gasteiger partial charge in [0.15, 0.2) is 11.7 Å². The highest BCUT2D eigenvalue weighted by Gasteiger charge is 2.15. The number of carbonyl (C=O) groups is 1. The predicted molar refractivity (Wildman–Crippen MR) is 87.2 cm³/mol. The molecule has 1 aromatic carbocycles. The number of amides is 1. The Morgan fingerprint density at radius 3 is 2.75 bits per heavy atom. The standard InChI is InChI=1S/C18H20F2N2O2/c1-4-22(11-12(2)3)18(23)8-7-17-21-10-16(24-17)14-6-5-13(19)9-15(14)20/h5-6,9-10H,2,4,7-8,11H2,1,3H3. The van der Waals surface area contributed by atoms with Crippen molar-refractivity contribution < 1.29 is 18.0 Å². The Bertz CT molecular complexity index is 740. The molecule has 0 bridgehead atoms. The van der Waals surface area contributed by atoms with Crippen molar-refractivity contribution in [2.75, 3.05) is 13.1 Å². The van der Waals surface area contributed by atoms with Crippen molar-refractivity contribution >= 4 is 5.91 Å². The van der Waals surface area contributed by atoms with Crippen molar-refractivity contribution in [1.82, 2.24) is 9.88 Å². The van der Waals surface area contributed by atoms with Crippen LogP contribution in [0.3, 0.4) is 0 Å². The first-order chi connectivity index (χ1) is 11.4. The molecule has 0 fully saturated rings. The van der Waals surface area contributed by atoms with Crippen LogP contribution < -0.4 is 0 Å². The summed E-state index contributed by atoms with van der Waals surface area (Å²) in [6, 6.07) is 3.24. The summed E-state index contributed by atoms with van der Waals surface area (Å²) in [5.41, 5.74) is 1.05. The second-order valence-corrected chi connectivity index (χ2v) is 5.61. The number of carbonyl (C=O) groups excluding carboxylic acids is 1. The molecule has 0 atom stereocenters. The maximum absolute atomic E-state index is 13.7. The maximum atomic E-state index is 13.7. The minimum atomic E-state index is -0.715. The van der Waals surface area contributed by atoms with Crippen molar-refractivity contribution in [2.24, 2.45) is 0 Å². The molecule has 0 spiro atoms. The summed E-state index contributed by atoms with van der Waals surface area (Å²) >= 11 is 0. The zero-order valence-electron chi connectivity index (χ0n) is 13.8. The number of oxazole rings is 1. The fourth-order valence-electron chi connectivity index (χ4n) is 2.31. The quantitative estimate of drug-likeness (QED) is 0.720. The van der Waals surface area contributed by atoms with Crippen LogP contribution in [0.5, 0.6) is 0 Å². The van der Waals surface area contributed by atoms with Crippen LogP contribution in [-0.2, 0) is 11.2 Å². The molecule has 0 aliphatic carbocycles. The summed E-state index contributed by atoms with van der Waals surface area (Å²) in [6.45, 7) is 8.70. The first kappa shape index (κ1) is 17.8. The van der Waals surface area contributed by atoms with Gasteiger partial charge in [-0.3, -0.25) is 4.79 Å². The lowest BCUT2D eigenvalue weighted by Gasteiger charge is -2.20. The van der Waals surface area contributed by atoms with Gasteiger partial charge < -0.3 is 9.32 Å². The normalized spacial score (nSPS) is 10.7. The average Bonchev–Trinajstić information content (AvgIpc) is 2.98. The highest BCUT2D eigenvalue weighted by molar-refractivity contribution is 5.76. The minimum absolute atomic E-state index is 0.0202. The molecule has 0 N–H and O–H groups in total. The Morgan fingerprint density at radius 1 is 1.38 bits per heavy atom. The Hall–Kier alpha value is -2.50. The summed E-state index contributed by atoms with van der Waals surface area (Å²) in [5.74, 6) is -0.836. The zero-order valence-corrected chi connectivity index (χ0v) is 13.8. The Labute approximate surface area is 139 Å². The first-order valence-electron chi connectivity index (χ1n) is 7.73. The lowest BCUT2D eigenvalue weighted by molar-refractivity contribution is -0.130. The topological polar surface area (TPSA) is 46.3 Å². The van der Waals surface area contributed by atoms with E-state index in [9.17, 15) is 13.6 Å². The Morgan fingerprint density at radius 2 is 2.12 bits per heavy atom. The van der Waals surface area contributed by atoms with E-state index < -0.39 is 11.6 Å². The number of rotatable bonds is 7. The molecule has 0 aliphatic rings. The number of aryl methyl sites for hydroxylation is 1. The van der Waals surface area contributed by atoms with Gasteiger partial charge in [0.2, 0.25) is 5.91 Å². The number of hydrogen-bond acceptors (Lipinski definition) is 3. The number of benzene rings is 1. The number of hydrogen-bond donors (Lipinski definition) is 0. The molecule has 4 nitrogen and oxygen atoms in total.